The highest BCUT2D eigenvalue weighted by molar-refractivity contribution is 7.09. The zero-order chi connectivity index (χ0) is 16.1. The first-order valence-corrected chi connectivity index (χ1v) is 7.63. The van der Waals surface area contributed by atoms with Crippen LogP contribution in [-0.2, 0) is 11.2 Å². The van der Waals surface area contributed by atoms with Crippen molar-refractivity contribution in [1.82, 2.24) is 9.36 Å². The number of anilines is 2. The molecule has 0 spiro atoms. The SMILES string of the molecule is CCc1nsc(N(CC)CC(=O)Nc2c(F)cccc2F)n1. The number of likely N-dealkylation sites (N-methyl/N-ethyl adjacent to an activating group) is 1. The van der Waals surface area contributed by atoms with Crippen LogP contribution in [0.5, 0.6) is 0 Å². The van der Waals surface area contributed by atoms with Crippen LogP contribution in [0.3, 0.4) is 0 Å². The maximum atomic E-state index is 13.5. The summed E-state index contributed by atoms with van der Waals surface area (Å²) in [6.07, 6.45) is 0.709. The Morgan fingerprint density at radius 2 is 2.00 bits per heavy atom. The van der Waals surface area contributed by atoms with Crippen molar-refractivity contribution < 1.29 is 13.6 Å². The number of rotatable bonds is 6. The third kappa shape index (κ3) is 3.76. The van der Waals surface area contributed by atoms with E-state index in [0.29, 0.717) is 23.9 Å². The average Bonchev–Trinajstić information content (AvgIpc) is 2.97. The van der Waals surface area contributed by atoms with E-state index in [9.17, 15) is 13.6 Å². The fourth-order valence-corrected chi connectivity index (χ4v) is 2.61. The first-order valence-electron chi connectivity index (χ1n) is 6.86. The van der Waals surface area contributed by atoms with Crippen molar-refractivity contribution in [3.63, 3.8) is 0 Å². The van der Waals surface area contributed by atoms with E-state index in [2.05, 4.69) is 14.7 Å². The number of nitrogens with one attached hydrogen (secondary N) is 1. The molecule has 0 radical (unpaired) electrons. The van der Waals surface area contributed by atoms with E-state index in [4.69, 9.17) is 0 Å². The van der Waals surface area contributed by atoms with Gasteiger partial charge in [0.25, 0.3) is 0 Å². The second kappa shape index (κ2) is 7.26. The smallest absolute Gasteiger partial charge is 0.244 e. The zero-order valence-corrected chi connectivity index (χ0v) is 13.1. The minimum absolute atomic E-state index is 0.0530. The van der Waals surface area contributed by atoms with Crippen LogP contribution >= 0.6 is 11.5 Å². The van der Waals surface area contributed by atoms with Crippen LogP contribution in [0.4, 0.5) is 19.6 Å². The molecule has 1 amide bonds. The second-order valence-electron chi connectivity index (χ2n) is 4.51. The van der Waals surface area contributed by atoms with Crippen molar-refractivity contribution in [2.75, 3.05) is 23.3 Å². The Morgan fingerprint density at radius 3 is 2.55 bits per heavy atom. The van der Waals surface area contributed by atoms with Crippen molar-refractivity contribution in [3.05, 3.63) is 35.7 Å². The monoisotopic (exact) mass is 326 g/mol. The van der Waals surface area contributed by atoms with Gasteiger partial charge >= 0.3 is 0 Å². The third-order valence-corrected chi connectivity index (χ3v) is 3.80. The first kappa shape index (κ1) is 16.3. The summed E-state index contributed by atoms with van der Waals surface area (Å²) >= 11 is 1.20. The van der Waals surface area contributed by atoms with Gasteiger partial charge in [0.05, 0.1) is 6.54 Å². The standard InChI is InChI=1S/C14H16F2N4OS/c1-3-11-17-14(22-19-11)20(4-2)8-12(21)18-13-9(15)6-5-7-10(13)16/h5-7H,3-4,8H2,1-2H3,(H,18,21). The molecule has 0 unspecified atom stereocenters. The van der Waals surface area contributed by atoms with Crippen LogP contribution in [0.2, 0.25) is 0 Å². The lowest BCUT2D eigenvalue weighted by Gasteiger charge is -2.18. The fraction of sp³-hybridized carbons (Fsp3) is 0.357. The second-order valence-corrected chi connectivity index (χ2v) is 5.24. The molecule has 0 aliphatic rings. The van der Waals surface area contributed by atoms with Gasteiger partial charge in [0.2, 0.25) is 11.0 Å². The number of amides is 1. The van der Waals surface area contributed by atoms with E-state index in [0.717, 1.165) is 12.1 Å². The largest absolute Gasteiger partial charge is 0.338 e. The quantitative estimate of drug-likeness (QED) is 0.887. The minimum Gasteiger partial charge on any atom is -0.338 e. The molecule has 0 bridgehead atoms. The van der Waals surface area contributed by atoms with Gasteiger partial charge in [0, 0.05) is 24.5 Å². The lowest BCUT2D eigenvalue weighted by atomic mass is 10.3. The number of carbonyl (C=O) groups is 1. The predicted molar refractivity (Wildman–Crippen MR) is 82.2 cm³/mol. The summed E-state index contributed by atoms with van der Waals surface area (Å²) in [5.74, 6) is -1.42. The number of aromatic nitrogens is 2. The molecule has 1 aromatic heterocycles. The molecule has 1 N–H and O–H groups in total. The topological polar surface area (TPSA) is 58.1 Å². The molecule has 1 heterocycles. The van der Waals surface area contributed by atoms with Gasteiger partial charge in [0.15, 0.2) is 0 Å². The molecule has 2 aromatic rings. The van der Waals surface area contributed by atoms with E-state index >= 15 is 0 Å². The summed E-state index contributed by atoms with van der Waals surface area (Å²) in [4.78, 5) is 18.0. The Labute approximate surface area is 131 Å². The number of hydrogen-bond acceptors (Lipinski definition) is 5. The molecular formula is C14H16F2N4OS. The number of halogens is 2. The molecule has 0 saturated heterocycles. The molecule has 0 saturated carbocycles. The molecule has 5 nitrogen and oxygen atoms in total. The van der Waals surface area contributed by atoms with Crippen molar-refractivity contribution in [1.29, 1.82) is 0 Å². The van der Waals surface area contributed by atoms with Gasteiger partial charge in [-0.3, -0.25) is 4.79 Å². The molecule has 0 aliphatic heterocycles. The van der Waals surface area contributed by atoms with Crippen LogP contribution < -0.4 is 10.2 Å². The van der Waals surface area contributed by atoms with Gasteiger partial charge in [-0.05, 0) is 19.1 Å². The minimum atomic E-state index is -0.805. The van der Waals surface area contributed by atoms with Gasteiger partial charge in [-0.2, -0.15) is 4.37 Å². The maximum Gasteiger partial charge on any atom is 0.244 e. The molecule has 118 valence electrons. The summed E-state index contributed by atoms with van der Waals surface area (Å²) in [7, 11) is 0. The third-order valence-electron chi connectivity index (χ3n) is 2.99. The van der Waals surface area contributed by atoms with Crippen molar-refractivity contribution in [2.45, 2.75) is 20.3 Å². The van der Waals surface area contributed by atoms with Crippen molar-refractivity contribution >= 4 is 28.3 Å². The zero-order valence-electron chi connectivity index (χ0n) is 12.3. The molecule has 22 heavy (non-hydrogen) atoms. The van der Waals surface area contributed by atoms with Crippen LogP contribution in [0, 0.1) is 11.6 Å². The summed E-state index contributed by atoms with van der Waals surface area (Å²) < 4.78 is 31.2. The van der Waals surface area contributed by atoms with Crippen molar-refractivity contribution in [2.24, 2.45) is 0 Å². The highest BCUT2D eigenvalue weighted by atomic mass is 32.1. The van der Waals surface area contributed by atoms with E-state index in [1.807, 2.05) is 13.8 Å². The van der Waals surface area contributed by atoms with Gasteiger partial charge in [-0.25, -0.2) is 13.8 Å². The van der Waals surface area contributed by atoms with Crippen molar-refractivity contribution in [3.8, 4) is 0 Å². The Balaban J connectivity index is 2.06. The molecule has 8 heteroatoms. The number of carbonyl (C=O) groups excluding carboxylic acids is 1. The Morgan fingerprint density at radius 1 is 1.32 bits per heavy atom. The van der Waals surface area contributed by atoms with Gasteiger partial charge in [-0.1, -0.05) is 13.0 Å². The Bertz CT molecular complexity index is 642. The molecule has 0 atom stereocenters. The molecule has 0 fully saturated rings. The van der Waals surface area contributed by atoms with Crippen LogP contribution in [0.25, 0.3) is 0 Å². The molecule has 2 rings (SSSR count). The fourth-order valence-electron chi connectivity index (χ4n) is 1.80. The maximum absolute atomic E-state index is 13.5. The van der Waals surface area contributed by atoms with Crippen LogP contribution in [0.1, 0.15) is 19.7 Å². The van der Waals surface area contributed by atoms with Gasteiger partial charge < -0.3 is 10.2 Å². The summed E-state index contributed by atoms with van der Waals surface area (Å²) in [5.41, 5.74) is -0.435. The first-order chi connectivity index (χ1) is 10.5. The number of hydrogen-bond donors (Lipinski definition) is 1. The average molecular weight is 326 g/mol. The highest BCUT2D eigenvalue weighted by Crippen LogP contribution is 2.20. The normalized spacial score (nSPS) is 10.5. The molecule has 0 aliphatic carbocycles. The van der Waals surface area contributed by atoms with Crippen LogP contribution in [-0.4, -0.2) is 28.4 Å². The number of benzene rings is 1. The molecular weight excluding hydrogens is 310 g/mol. The summed E-state index contributed by atoms with van der Waals surface area (Å²) in [6, 6.07) is 3.43. The van der Waals surface area contributed by atoms with Gasteiger partial charge in [-0.15, -0.1) is 0 Å². The predicted octanol–water partition coefficient (Wildman–Crippen LogP) is 2.84. The van der Waals surface area contributed by atoms with Gasteiger partial charge in [0.1, 0.15) is 23.1 Å². The van der Waals surface area contributed by atoms with Crippen LogP contribution in [0.15, 0.2) is 18.2 Å². The van der Waals surface area contributed by atoms with E-state index in [1.165, 1.54) is 17.6 Å². The summed E-state index contributed by atoms with van der Waals surface area (Å²) in [5, 5.41) is 2.87. The van der Waals surface area contributed by atoms with E-state index in [-0.39, 0.29) is 6.54 Å². The summed E-state index contributed by atoms with van der Waals surface area (Å²) in [6.45, 7) is 4.29. The lowest BCUT2D eigenvalue weighted by molar-refractivity contribution is -0.115. The highest BCUT2D eigenvalue weighted by Gasteiger charge is 2.17. The number of aryl methyl sites for hydroxylation is 1. The molecule has 1 aromatic carbocycles. The Hall–Kier alpha value is -2.09. The van der Waals surface area contributed by atoms with E-state index in [1.54, 1.807) is 4.90 Å². The Kier molecular flexibility index (Phi) is 5.37. The lowest BCUT2D eigenvalue weighted by Crippen LogP contribution is -2.33. The van der Waals surface area contributed by atoms with E-state index < -0.39 is 23.2 Å². The number of para-hydroxylation sites is 1. The number of nitrogens with zero attached hydrogens (tertiary/aromatic N) is 3.